The average molecular weight is 323 g/mol. The fourth-order valence-corrected chi connectivity index (χ4v) is 2.65. The van der Waals surface area contributed by atoms with E-state index in [4.69, 9.17) is 9.57 Å². The molecule has 3 nitrogen and oxygen atoms in total. The van der Waals surface area contributed by atoms with Crippen molar-refractivity contribution in [3.63, 3.8) is 0 Å². The summed E-state index contributed by atoms with van der Waals surface area (Å²) >= 11 is 0. The summed E-state index contributed by atoms with van der Waals surface area (Å²) in [5.74, 6) is 0. The number of hydrogen-bond donors (Lipinski definition) is 0. The molecule has 0 atom stereocenters. The van der Waals surface area contributed by atoms with Crippen LogP contribution in [0, 0.1) is 0 Å². The Bertz CT molecular complexity index is 382. The van der Waals surface area contributed by atoms with Gasteiger partial charge in [-0.2, -0.15) is 0 Å². The van der Waals surface area contributed by atoms with Crippen LogP contribution < -0.4 is 9.57 Å². The molecule has 0 saturated heterocycles. The number of hydrogen-bond acceptors (Lipinski definition) is 2. The quantitative estimate of drug-likeness (QED) is 0.340. The topological polar surface area (TPSA) is 22.3 Å². The summed E-state index contributed by atoms with van der Waals surface area (Å²) in [7, 11) is 0. The van der Waals surface area contributed by atoms with Crippen LogP contribution >= 0.6 is 0 Å². The van der Waals surface area contributed by atoms with E-state index in [0.717, 1.165) is 25.2 Å². The molecule has 0 unspecified atom stereocenters. The Morgan fingerprint density at radius 3 is 2.17 bits per heavy atom. The van der Waals surface area contributed by atoms with E-state index in [9.17, 15) is 0 Å². The predicted molar refractivity (Wildman–Crippen MR) is 95.3 cm³/mol. The van der Waals surface area contributed by atoms with Gasteiger partial charge in [0.2, 0.25) is 12.4 Å². The molecule has 1 aromatic heterocycles. The molecule has 132 valence electrons. The van der Waals surface area contributed by atoms with E-state index in [1.54, 1.807) is 0 Å². The highest BCUT2D eigenvalue weighted by molar-refractivity contribution is 5.03. The molecule has 3 heteroatoms. The lowest BCUT2D eigenvalue weighted by molar-refractivity contribution is -0.891. The number of nitrogens with zero attached hydrogens (tertiary/aromatic N) is 1. The SMILES string of the molecule is CCCCCCCCCCCCO[n+]1cccc(COCC)c1. The normalized spacial score (nSPS) is 10.9. The van der Waals surface area contributed by atoms with Crippen LogP contribution in [0.2, 0.25) is 0 Å². The molecule has 0 aliphatic carbocycles. The van der Waals surface area contributed by atoms with E-state index < -0.39 is 0 Å². The Morgan fingerprint density at radius 1 is 0.870 bits per heavy atom. The van der Waals surface area contributed by atoms with Gasteiger partial charge in [0, 0.05) is 23.0 Å². The minimum Gasteiger partial charge on any atom is -0.377 e. The van der Waals surface area contributed by atoms with Crippen LogP contribution in [0.25, 0.3) is 0 Å². The zero-order valence-corrected chi connectivity index (χ0v) is 15.3. The van der Waals surface area contributed by atoms with Crippen molar-refractivity contribution in [2.45, 2.75) is 84.7 Å². The van der Waals surface area contributed by atoms with E-state index in [-0.39, 0.29) is 0 Å². The van der Waals surface area contributed by atoms with E-state index in [0.29, 0.717) is 6.61 Å². The Labute approximate surface area is 143 Å². The highest BCUT2D eigenvalue weighted by Gasteiger charge is 2.04. The van der Waals surface area contributed by atoms with Gasteiger partial charge < -0.3 is 4.74 Å². The van der Waals surface area contributed by atoms with Gasteiger partial charge in [0.1, 0.15) is 0 Å². The van der Waals surface area contributed by atoms with Crippen molar-refractivity contribution < 1.29 is 14.3 Å². The number of rotatable bonds is 15. The molecule has 0 spiro atoms. The smallest absolute Gasteiger partial charge is 0.227 e. The van der Waals surface area contributed by atoms with Crippen LogP contribution in [0.1, 0.15) is 83.6 Å². The van der Waals surface area contributed by atoms with Gasteiger partial charge in [0.05, 0.1) is 6.61 Å². The van der Waals surface area contributed by atoms with Gasteiger partial charge >= 0.3 is 0 Å². The van der Waals surface area contributed by atoms with Gasteiger partial charge in [-0.15, -0.1) is 0 Å². The van der Waals surface area contributed by atoms with E-state index in [1.807, 2.05) is 30.1 Å². The van der Waals surface area contributed by atoms with Gasteiger partial charge in [-0.25, -0.2) is 0 Å². The molecule has 0 saturated carbocycles. The zero-order valence-electron chi connectivity index (χ0n) is 15.3. The van der Waals surface area contributed by atoms with Crippen LogP contribution in [0.4, 0.5) is 0 Å². The average Bonchev–Trinajstić information content (AvgIpc) is 2.58. The first-order chi connectivity index (χ1) is 11.4. The lowest BCUT2D eigenvalue weighted by atomic mass is 10.1. The summed E-state index contributed by atoms with van der Waals surface area (Å²) in [5.41, 5.74) is 1.15. The van der Waals surface area contributed by atoms with Gasteiger partial charge in [-0.05, 0) is 25.8 Å². The summed E-state index contributed by atoms with van der Waals surface area (Å²) in [6.45, 7) is 6.47. The highest BCUT2D eigenvalue weighted by atomic mass is 16.7. The van der Waals surface area contributed by atoms with Crippen LogP contribution in [0.5, 0.6) is 0 Å². The van der Waals surface area contributed by atoms with Crippen molar-refractivity contribution in [3.05, 3.63) is 30.1 Å². The summed E-state index contributed by atoms with van der Waals surface area (Å²) < 4.78 is 7.22. The number of pyridine rings is 1. The minimum atomic E-state index is 0.652. The van der Waals surface area contributed by atoms with Crippen molar-refractivity contribution in [1.82, 2.24) is 0 Å². The van der Waals surface area contributed by atoms with Crippen LogP contribution in [0.15, 0.2) is 24.5 Å². The first kappa shape index (κ1) is 20.0. The van der Waals surface area contributed by atoms with Crippen LogP contribution in [-0.4, -0.2) is 13.2 Å². The van der Waals surface area contributed by atoms with E-state index >= 15 is 0 Å². The molecule has 1 rings (SSSR count). The second-order valence-corrected chi connectivity index (χ2v) is 6.22. The van der Waals surface area contributed by atoms with E-state index in [1.165, 1.54) is 57.8 Å². The minimum absolute atomic E-state index is 0.652. The number of aromatic nitrogens is 1. The molecule has 1 aromatic rings. The zero-order chi connectivity index (χ0) is 16.6. The van der Waals surface area contributed by atoms with Gasteiger partial charge in [0.15, 0.2) is 6.61 Å². The molecule has 0 radical (unpaired) electrons. The third-order valence-electron chi connectivity index (χ3n) is 4.05. The molecule has 0 aliphatic rings. The first-order valence-corrected chi connectivity index (χ1v) is 9.58. The molecule has 0 bridgehead atoms. The lowest BCUT2D eigenvalue weighted by Gasteiger charge is -2.03. The molecule has 0 aromatic carbocycles. The highest BCUT2D eigenvalue weighted by Crippen LogP contribution is 2.10. The Morgan fingerprint density at radius 2 is 1.52 bits per heavy atom. The molecule has 0 aliphatic heterocycles. The van der Waals surface area contributed by atoms with Crippen LogP contribution in [0.3, 0.4) is 0 Å². The third-order valence-corrected chi connectivity index (χ3v) is 4.05. The summed E-state index contributed by atoms with van der Waals surface area (Å²) in [4.78, 5) is 5.76. The summed E-state index contributed by atoms with van der Waals surface area (Å²) in [6.07, 6.45) is 17.5. The van der Waals surface area contributed by atoms with Crippen molar-refractivity contribution in [1.29, 1.82) is 0 Å². The maximum atomic E-state index is 5.76. The molecule has 1 heterocycles. The first-order valence-electron chi connectivity index (χ1n) is 9.58. The molecule has 0 amide bonds. The monoisotopic (exact) mass is 322 g/mol. The Hall–Kier alpha value is -1.09. The van der Waals surface area contributed by atoms with Gasteiger partial charge in [-0.3, -0.25) is 4.84 Å². The maximum absolute atomic E-state index is 5.76. The van der Waals surface area contributed by atoms with Crippen molar-refractivity contribution >= 4 is 0 Å². The maximum Gasteiger partial charge on any atom is 0.227 e. The third kappa shape index (κ3) is 11.1. The van der Waals surface area contributed by atoms with Gasteiger partial charge in [0.25, 0.3) is 0 Å². The van der Waals surface area contributed by atoms with E-state index in [2.05, 4.69) is 13.0 Å². The van der Waals surface area contributed by atoms with Crippen LogP contribution in [-0.2, 0) is 11.3 Å². The van der Waals surface area contributed by atoms with Crippen molar-refractivity contribution in [2.24, 2.45) is 0 Å². The predicted octanol–water partition coefficient (Wildman–Crippen LogP) is 4.86. The fraction of sp³-hybridized carbons (Fsp3) is 0.750. The Balaban J connectivity index is 1.96. The van der Waals surface area contributed by atoms with Gasteiger partial charge in [-0.1, -0.05) is 58.3 Å². The molecular weight excluding hydrogens is 286 g/mol. The van der Waals surface area contributed by atoms with Crippen molar-refractivity contribution in [2.75, 3.05) is 13.2 Å². The number of ether oxygens (including phenoxy) is 1. The van der Waals surface area contributed by atoms with Crippen molar-refractivity contribution in [3.8, 4) is 0 Å². The largest absolute Gasteiger partial charge is 0.377 e. The molecule has 23 heavy (non-hydrogen) atoms. The standard InChI is InChI=1S/C20H36NO2/c1-3-5-6-7-8-9-10-11-12-13-17-23-21-16-14-15-20(18-21)19-22-4-2/h14-16,18H,3-13,17,19H2,1-2H3/q+1. The summed E-state index contributed by atoms with van der Waals surface area (Å²) in [5, 5.41) is 0. The second-order valence-electron chi connectivity index (χ2n) is 6.22. The molecule has 0 N–H and O–H groups in total. The molecule has 0 fully saturated rings. The lowest BCUT2D eigenvalue weighted by Crippen LogP contribution is -2.42. The second kappa shape index (κ2) is 14.5. The fourth-order valence-electron chi connectivity index (χ4n) is 2.65. The molecular formula is C20H36NO2+. The summed E-state index contributed by atoms with van der Waals surface area (Å²) in [6, 6.07) is 4.07. The number of unbranched alkanes of at least 4 members (excludes halogenated alkanes) is 9. The Kier molecular flexibility index (Phi) is 12.6.